The Balaban J connectivity index is 1.20. The molecule has 2 aromatic heterocycles. The van der Waals surface area contributed by atoms with Crippen molar-refractivity contribution in [3.63, 3.8) is 0 Å². The van der Waals surface area contributed by atoms with Gasteiger partial charge in [-0.05, 0) is 61.3 Å². The minimum absolute atomic E-state index is 0.122. The summed E-state index contributed by atoms with van der Waals surface area (Å²) < 4.78 is 17.1. The monoisotopic (exact) mass is 511 g/mol. The molecular formula is C28H26FN7O2. The third-order valence-electron chi connectivity index (χ3n) is 7.52. The number of aliphatic hydroxyl groups is 1. The number of aliphatic hydroxyl groups excluding tert-OH is 1. The summed E-state index contributed by atoms with van der Waals surface area (Å²) in [4.78, 5) is 19.7. The van der Waals surface area contributed by atoms with Gasteiger partial charge < -0.3 is 15.3 Å². The first-order chi connectivity index (χ1) is 18.6. The minimum Gasteiger partial charge on any atom is -0.392 e. The maximum Gasteiger partial charge on any atom is 0.261 e. The molecule has 2 N–H and O–H groups in total. The van der Waals surface area contributed by atoms with Crippen molar-refractivity contribution in [2.24, 2.45) is 0 Å². The van der Waals surface area contributed by atoms with Crippen LogP contribution < -0.4 is 10.2 Å². The first-order valence-electron chi connectivity index (χ1n) is 13.0. The summed E-state index contributed by atoms with van der Waals surface area (Å²) in [6, 6.07) is 9.35. The Bertz CT molecular complexity index is 1560. The molecule has 1 amide bonds. The number of hydrogen-bond acceptors (Lipinski definition) is 7. The van der Waals surface area contributed by atoms with Crippen LogP contribution in [0, 0.1) is 5.82 Å². The van der Waals surface area contributed by atoms with E-state index in [-0.39, 0.29) is 12.2 Å². The van der Waals surface area contributed by atoms with Gasteiger partial charge in [0.1, 0.15) is 5.82 Å². The SMILES string of the molecule is O=C1c2c(F)cc(C3CC3)cc2CCN1c1cccc(-c2cnnc(Nc3cnn(C4CC4)c3)n2)c1CO. The number of benzene rings is 2. The highest BCUT2D eigenvalue weighted by molar-refractivity contribution is 6.09. The zero-order valence-electron chi connectivity index (χ0n) is 20.6. The van der Waals surface area contributed by atoms with E-state index in [1.54, 1.807) is 23.2 Å². The molecule has 3 aliphatic rings. The number of carbonyl (C=O) groups is 1. The molecular weight excluding hydrogens is 485 g/mol. The Kier molecular flexibility index (Phi) is 5.43. The van der Waals surface area contributed by atoms with Crippen LogP contribution in [-0.2, 0) is 13.0 Å². The van der Waals surface area contributed by atoms with Gasteiger partial charge in [0.25, 0.3) is 5.91 Å². The normalized spacial score (nSPS) is 17.0. The Morgan fingerprint density at radius 1 is 1.13 bits per heavy atom. The zero-order chi connectivity index (χ0) is 25.8. The Hall–Kier alpha value is -4.18. The van der Waals surface area contributed by atoms with Gasteiger partial charge in [-0.1, -0.05) is 18.2 Å². The van der Waals surface area contributed by atoms with Crippen LogP contribution in [0.3, 0.4) is 0 Å². The van der Waals surface area contributed by atoms with Crippen LogP contribution in [0.2, 0.25) is 0 Å². The van der Waals surface area contributed by atoms with Crippen LogP contribution in [-0.4, -0.2) is 42.5 Å². The molecule has 0 unspecified atom stereocenters. The molecule has 0 atom stereocenters. The molecule has 0 bridgehead atoms. The summed E-state index contributed by atoms with van der Waals surface area (Å²) >= 11 is 0. The lowest BCUT2D eigenvalue weighted by atomic mass is 9.93. The zero-order valence-corrected chi connectivity index (χ0v) is 20.6. The van der Waals surface area contributed by atoms with E-state index in [1.165, 1.54) is 12.3 Å². The summed E-state index contributed by atoms with van der Waals surface area (Å²) in [6.45, 7) is 0.0713. The average molecular weight is 512 g/mol. The molecule has 0 saturated heterocycles. The number of nitrogens with zero attached hydrogens (tertiary/aromatic N) is 6. The molecule has 1 aliphatic heterocycles. The van der Waals surface area contributed by atoms with Gasteiger partial charge >= 0.3 is 0 Å². The number of amides is 1. The predicted octanol–water partition coefficient (Wildman–Crippen LogP) is 4.53. The number of nitrogens with one attached hydrogen (secondary N) is 1. The van der Waals surface area contributed by atoms with Crippen molar-refractivity contribution < 1.29 is 14.3 Å². The highest BCUT2D eigenvalue weighted by Crippen LogP contribution is 2.42. The molecule has 2 aliphatic carbocycles. The molecule has 192 valence electrons. The van der Waals surface area contributed by atoms with Gasteiger partial charge in [-0.25, -0.2) is 9.37 Å². The molecule has 3 heterocycles. The average Bonchev–Trinajstić information content (AvgIpc) is 3.87. The highest BCUT2D eigenvalue weighted by atomic mass is 19.1. The number of rotatable bonds is 7. The number of fused-ring (bicyclic) bond motifs is 1. The molecule has 0 radical (unpaired) electrons. The third kappa shape index (κ3) is 4.10. The summed E-state index contributed by atoms with van der Waals surface area (Å²) in [7, 11) is 0. The smallest absolute Gasteiger partial charge is 0.261 e. The standard InChI is InChI=1S/C28H26FN7O2/c29-23-11-18(16-4-5-16)10-17-8-9-35(27(38)26(17)23)25-3-1-2-21(22(25)15-37)24-13-30-34-28(33-24)32-19-12-31-36(14-19)20-6-7-20/h1-3,10-14,16,20,37H,4-9,15H2,(H,32,33,34). The molecule has 2 saturated carbocycles. The van der Waals surface area contributed by atoms with Crippen LogP contribution >= 0.6 is 0 Å². The number of aromatic nitrogens is 5. The van der Waals surface area contributed by atoms with E-state index >= 15 is 4.39 Å². The van der Waals surface area contributed by atoms with Gasteiger partial charge in [0, 0.05) is 23.9 Å². The number of anilines is 3. The first-order valence-corrected chi connectivity index (χ1v) is 13.0. The predicted molar refractivity (Wildman–Crippen MR) is 139 cm³/mol. The fourth-order valence-corrected chi connectivity index (χ4v) is 5.26. The second-order valence-electron chi connectivity index (χ2n) is 10.2. The summed E-state index contributed by atoms with van der Waals surface area (Å²) in [6.07, 6.45) is 10.1. The van der Waals surface area contributed by atoms with E-state index in [9.17, 15) is 9.90 Å². The van der Waals surface area contributed by atoms with Crippen molar-refractivity contribution >= 4 is 23.2 Å². The Morgan fingerprint density at radius 3 is 2.79 bits per heavy atom. The molecule has 9 nitrogen and oxygen atoms in total. The molecule has 2 fully saturated rings. The van der Waals surface area contributed by atoms with E-state index in [4.69, 9.17) is 0 Å². The van der Waals surface area contributed by atoms with Crippen LogP contribution in [0.15, 0.2) is 48.9 Å². The molecule has 4 aromatic rings. The van der Waals surface area contributed by atoms with Crippen LogP contribution in [0.5, 0.6) is 0 Å². The fraction of sp³-hybridized carbons (Fsp3) is 0.321. The largest absolute Gasteiger partial charge is 0.392 e. The second kappa shape index (κ2) is 8.98. The Labute approximate surface area is 218 Å². The second-order valence-corrected chi connectivity index (χ2v) is 10.2. The van der Waals surface area contributed by atoms with Crippen molar-refractivity contribution in [2.75, 3.05) is 16.8 Å². The van der Waals surface area contributed by atoms with Gasteiger partial charge in [0.2, 0.25) is 5.95 Å². The minimum atomic E-state index is -0.471. The lowest BCUT2D eigenvalue weighted by molar-refractivity contribution is 0.0976. The van der Waals surface area contributed by atoms with Gasteiger partial charge in [-0.15, -0.1) is 5.10 Å². The summed E-state index contributed by atoms with van der Waals surface area (Å²) in [5.74, 6) is -0.158. The third-order valence-corrected chi connectivity index (χ3v) is 7.52. The van der Waals surface area contributed by atoms with Crippen molar-refractivity contribution in [3.05, 3.63) is 77.0 Å². The fourth-order valence-electron chi connectivity index (χ4n) is 5.26. The maximum atomic E-state index is 15.1. The number of halogens is 1. The van der Waals surface area contributed by atoms with Crippen molar-refractivity contribution in [2.45, 2.75) is 50.7 Å². The van der Waals surface area contributed by atoms with Gasteiger partial charge in [-0.2, -0.15) is 10.2 Å². The molecule has 0 spiro atoms. The molecule has 2 aromatic carbocycles. The van der Waals surface area contributed by atoms with Crippen LogP contribution in [0.1, 0.15) is 64.7 Å². The van der Waals surface area contributed by atoms with Crippen molar-refractivity contribution in [1.29, 1.82) is 0 Å². The summed E-state index contributed by atoms with van der Waals surface area (Å²) in [5.41, 5.74) is 4.80. The molecule has 38 heavy (non-hydrogen) atoms. The van der Waals surface area contributed by atoms with Gasteiger partial charge in [-0.3, -0.25) is 9.48 Å². The summed E-state index contributed by atoms with van der Waals surface area (Å²) in [5, 5.41) is 26.1. The number of hydrogen-bond donors (Lipinski definition) is 2. The Morgan fingerprint density at radius 2 is 2.00 bits per heavy atom. The lowest BCUT2D eigenvalue weighted by Gasteiger charge is -2.31. The topological polar surface area (TPSA) is 109 Å². The van der Waals surface area contributed by atoms with E-state index < -0.39 is 11.7 Å². The lowest BCUT2D eigenvalue weighted by Crippen LogP contribution is -2.39. The van der Waals surface area contributed by atoms with Crippen molar-refractivity contribution in [1.82, 2.24) is 25.0 Å². The quantitative estimate of drug-likeness (QED) is 0.375. The van der Waals surface area contributed by atoms with Crippen LogP contribution in [0.25, 0.3) is 11.3 Å². The van der Waals surface area contributed by atoms with E-state index in [0.29, 0.717) is 53.4 Å². The number of carbonyl (C=O) groups excluding carboxylic acids is 1. The van der Waals surface area contributed by atoms with Gasteiger partial charge in [0.05, 0.1) is 47.7 Å². The van der Waals surface area contributed by atoms with E-state index in [1.807, 2.05) is 23.0 Å². The van der Waals surface area contributed by atoms with E-state index in [0.717, 1.165) is 42.5 Å². The van der Waals surface area contributed by atoms with Crippen molar-refractivity contribution in [3.8, 4) is 11.3 Å². The maximum absolute atomic E-state index is 15.1. The highest BCUT2D eigenvalue weighted by Gasteiger charge is 2.33. The van der Waals surface area contributed by atoms with E-state index in [2.05, 4.69) is 25.6 Å². The molecule has 7 rings (SSSR count). The van der Waals surface area contributed by atoms with Crippen LogP contribution in [0.4, 0.5) is 21.7 Å². The molecule has 10 heteroatoms. The first kappa shape index (κ1) is 23.0. The van der Waals surface area contributed by atoms with Gasteiger partial charge in [0.15, 0.2) is 0 Å².